The van der Waals surface area contributed by atoms with Gasteiger partial charge in [0.25, 0.3) is 0 Å². The van der Waals surface area contributed by atoms with Crippen LogP contribution < -0.4 is 10.4 Å². The van der Waals surface area contributed by atoms with E-state index in [1.165, 1.54) is 6.92 Å². The molecule has 3 fully saturated rings. The molecule has 32 heavy (non-hydrogen) atoms. The molecular formula is C24H35BN2O5. The Labute approximate surface area is 191 Å². The molecule has 2 unspecified atom stereocenters. The quantitative estimate of drug-likeness (QED) is 0.527. The first-order valence-corrected chi connectivity index (χ1v) is 11.6. The summed E-state index contributed by atoms with van der Waals surface area (Å²) in [4.78, 5) is 31.7. The average Bonchev–Trinajstić information content (AvgIpc) is 3.12. The van der Waals surface area contributed by atoms with Crippen molar-refractivity contribution in [3.63, 3.8) is 0 Å². The number of piperidine rings is 1. The first kappa shape index (κ1) is 23.2. The first-order valence-electron chi connectivity index (χ1n) is 11.6. The zero-order valence-corrected chi connectivity index (χ0v) is 20.4. The maximum absolute atomic E-state index is 13.7. The van der Waals surface area contributed by atoms with Crippen LogP contribution in [0.4, 0.5) is 5.82 Å². The number of nitrogens with zero attached hydrogens (tertiary/aromatic N) is 2. The van der Waals surface area contributed by atoms with E-state index in [2.05, 4.69) is 18.8 Å². The number of rotatable bonds is 4. The number of hydrogen-bond acceptors (Lipinski definition) is 6. The average molecular weight is 442 g/mol. The van der Waals surface area contributed by atoms with Crippen LogP contribution in [0.1, 0.15) is 73.3 Å². The molecule has 7 nitrogen and oxygen atoms in total. The smallest absolute Gasteiger partial charge is 0.461 e. The highest BCUT2D eigenvalue weighted by Crippen LogP contribution is 2.51. The van der Waals surface area contributed by atoms with Crippen LogP contribution in [0.3, 0.4) is 0 Å². The molecule has 0 N–H and O–H groups in total. The number of hydrogen-bond donors (Lipinski definition) is 0. The van der Waals surface area contributed by atoms with Crippen molar-refractivity contribution in [2.75, 3.05) is 11.4 Å². The minimum atomic E-state index is -0.636. The Morgan fingerprint density at radius 1 is 1.19 bits per heavy atom. The van der Waals surface area contributed by atoms with Crippen LogP contribution in [0.25, 0.3) is 0 Å². The van der Waals surface area contributed by atoms with Crippen molar-refractivity contribution in [1.82, 2.24) is 4.98 Å². The molecule has 3 aliphatic rings. The molecule has 1 amide bonds. The Kier molecular flexibility index (Phi) is 5.69. The summed E-state index contributed by atoms with van der Waals surface area (Å²) in [5.41, 5.74) is 0.364. The van der Waals surface area contributed by atoms with Crippen molar-refractivity contribution < 1.29 is 23.6 Å². The van der Waals surface area contributed by atoms with Gasteiger partial charge in [-0.05, 0) is 69.8 Å². The second-order valence-corrected chi connectivity index (χ2v) is 11.1. The number of carbonyl (C=O) groups is 2. The van der Waals surface area contributed by atoms with Crippen molar-refractivity contribution in [2.45, 2.75) is 85.5 Å². The number of fused-ring (bicyclic) bond motifs is 1. The largest absolute Gasteiger partial charge is 0.495 e. The Bertz CT molecular complexity index is 913. The molecule has 0 spiro atoms. The van der Waals surface area contributed by atoms with E-state index in [0.29, 0.717) is 23.8 Å². The van der Waals surface area contributed by atoms with E-state index in [-0.39, 0.29) is 29.8 Å². The van der Waals surface area contributed by atoms with E-state index < -0.39 is 18.3 Å². The van der Waals surface area contributed by atoms with Gasteiger partial charge in [-0.3, -0.25) is 14.5 Å². The molecule has 8 heteroatoms. The van der Waals surface area contributed by atoms with Gasteiger partial charge in [0.2, 0.25) is 5.91 Å². The number of pyridine rings is 1. The van der Waals surface area contributed by atoms with Crippen molar-refractivity contribution in [3.8, 4) is 0 Å². The van der Waals surface area contributed by atoms with E-state index >= 15 is 0 Å². The van der Waals surface area contributed by atoms with Gasteiger partial charge in [-0.2, -0.15) is 0 Å². The van der Waals surface area contributed by atoms with E-state index in [1.807, 2.05) is 33.8 Å². The number of amides is 1. The molecule has 1 aliphatic carbocycles. The zero-order chi connectivity index (χ0) is 23.5. The first-order chi connectivity index (χ1) is 14.8. The number of anilines is 1. The molecule has 0 aromatic carbocycles. The lowest BCUT2D eigenvalue weighted by atomic mass is 9.74. The van der Waals surface area contributed by atoms with Crippen LogP contribution >= 0.6 is 0 Å². The summed E-state index contributed by atoms with van der Waals surface area (Å²) in [6.45, 7) is 14.4. The molecular weight excluding hydrogens is 407 g/mol. The van der Waals surface area contributed by atoms with Gasteiger partial charge in [-0.15, -0.1) is 0 Å². The summed E-state index contributed by atoms with van der Waals surface area (Å²) < 4.78 is 17.9. The molecule has 4 rings (SSSR count). The normalized spacial score (nSPS) is 28.0. The predicted molar refractivity (Wildman–Crippen MR) is 122 cm³/mol. The lowest BCUT2D eigenvalue weighted by molar-refractivity contribution is -0.142. The lowest BCUT2D eigenvalue weighted by Gasteiger charge is -2.39. The van der Waals surface area contributed by atoms with Gasteiger partial charge in [0.05, 0.1) is 11.2 Å². The van der Waals surface area contributed by atoms with E-state index in [4.69, 9.17) is 14.0 Å². The molecule has 1 saturated carbocycles. The summed E-state index contributed by atoms with van der Waals surface area (Å²) in [6.07, 6.45) is 4.80. The Morgan fingerprint density at radius 2 is 1.84 bits per heavy atom. The zero-order valence-electron chi connectivity index (χ0n) is 20.4. The fraction of sp³-hybridized carbons (Fsp3) is 0.708. The highest BCUT2D eigenvalue weighted by atomic mass is 16.7. The van der Waals surface area contributed by atoms with Crippen molar-refractivity contribution in [2.24, 2.45) is 17.3 Å². The summed E-state index contributed by atoms with van der Waals surface area (Å²) in [6, 6.07) is 1.83. The van der Waals surface area contributed by atoms with Gasteiger partial charge in [0.1, 0.15) is 12.4 Å². The monoisotopic (exact) mass is 442 g/mol. The number of carbonyl (C=O) groups excluding carboxylic acids is 2. The van der Waals surface area contributed by atoms with Gasteiger partial charge in [0, 0.05) is 31.1 Å². The minimum absolute atomic E-state index is 0.0131. The fourth-order valence-electron chi connectivity index (χ4n) is 5.39. The second kappa shape index (κ2) is 7.84. The highest BCUT2D eigenvalue weighted by Gasteiger charge is 2.53. The molecule has 174 valence electrons. The number of esters is 1. The topological polar surface area (TPSA) is 78.0 Å². The van der Waals surface area contributed by atoms with Crippen LogP contribution in [0.15, 0.2) is 12.3 Å². The van der Waals surface area contributed by atoms with Crippen LogP contribution in [0.5, 0.6) is 0 Å². The second-order valence-electron chi connectivity index (χ2n) is 11.1. The van der Waals surface area contributed by atoms with E-state index in [1.54, 1.807) is 11.1 Å². The van der Waals surface area contributed by atoms with Crippen LogP contribution in [0.2, 0.25) is 0 Å². The molecule has 0 bridgehead atoms. The fourth-order valence-corrected chi connectivity index (χ4v) is 5.39. The third-order valence-electron chi connectivity index (χ3n) is 7.98. The molecule has 2 saturated heterocycles. The van der Waals surface area contributed by atoms with Gasteiger partial charge >= 0.3 is 13.1 Å². The summed E-state index contributed by atoms with van der Waals surface area (Å²) in [5, 5.41) is 0. The predicted octanol–water partition coefficient (Wildman–Crippen LogP) is 3.23. The van der Waals surface area contributed by atoms with Gasteiger partial charge in [-0.25, -0.2) is 4.98 Å². The lowest BCUT2D eigenvalue weighted by Crippen LogP contribution is -2.49. The maximum atomic E-state index is 13.7. The summed E-state index contributed by atoms with van der Waals surface area (Å²) in [5.74, 6) is 0.690. The van der Waals surface area contributed by atoms with Crippen molar-refractivity contribution >= 4 is 30.3 Å². The third kappa shape index (κ3) is 3.85. The van der Waals surface area contributed by atoms with Crippen LogP contribution in [0, 0.1) is 17.3 Å². The molecule has 1 aromatic heterocycles. The Morgan fingerprint density at radius 3 is 2.47 bits per heavy atom. The number of ether oxygens (including phenoxy) is 1. The minimum Gasteiger partial charge on any atom is -0.461 e. The molecule has 2 aliphatic heterocycles. The third-order valence-corrected chi connectivity index (χ3v) is 7.98. The molecule has 1 aromatic rings. The molecule has 0 radical (unpaired) electrons. The van der Waals surface area contributed by atoms with Crippen LogP contribution in [-0.4, -0.2) is 41.7 Å². The highest BCUT2D eigenvalue weighted by molar-refractivity contribution is 6.62. The van der Waals surface area contributed by atoms with E-state index in [9.17, 15) is 9.59 Å². The molecule has 3 heterocycles. The maximum Gasteiger partial charge on any atom is 0.495 e. The van der Waals surface area contributed by atoms with Gasteiger partial charge in [-0.1, -0.05) is 13.8 Å². The Hall–Kier alpha value is -1.93. The van der Waals surface area contributed by atoms with Crippen molar-refractivity contribution in [1.29, 1.82) is 0 Å². The van der Waals surface area contributed by atoms with Gasteiger partial charge in [0.15, 0.2) is 0 Å². The molecule has 2 atom stereocenters. The van der Waals surface area contributed by atoms with E-state index in [0.717, 1.165) is 24.7 Å². The van der Waals surface area contributed by atoms with Gasteiger partial charge < -0.3 is 14.0 Å². The van der Waals surface area contributed by atoms with Crippen molar-refractivity contribution in [3.05, 3.63) is 17.8 Å². The Balaban J connectivity index is 1.73. The summed E-state index contributed by atoms with van der Waals surface area (Å²) >= 11 is 0. The SMILES string of the molecule is CC(=O)OCc1c(B2OC(C)(C)C(C)(C)O2)ccnc1N1CCC2CCC(C)(C)C2C1=O. The summed E-state index contributed by atoms with van der Waals surface area (Å²) in [7, 11) is -0.636. The standard InChI is InChI=1S/C24H35BN2O5/c1-15(28)30-14-17-18(25-31-23(4,5)24(6,7)32-25)9-12-26-20(17)27-13-10-16-8-11-22(2,3)19(16)21(27)29/h9,12,16,19H,8,10-11,13-14H2,1-7H3. The number of aromatic nitrogens is 1. The van der Waals surface area contributed by atoms with Crippen LogP contribution in [-0.2, 0) is 30.2 Å².